The second kappa shape index (κ2) is 9.35. The maximum atomic E-state index is 12.5. The lowest BCUT2D eigenvalue weighted by Gasteiger charge is -2.33. The molecule has 4 rings (SSSR count). The van der Waals surface area contributed by atoms with Gasteiger partial charge in [0.15, 0.2) is 0 Å². The van der Waals surface area contributed by atoms with Gasteiger partial charge in [-0.05, 0) is 49.4 Å². The van der Waals surface area contributed by atoms with Gasteiger partial charge in [0.1, 0.15) is 0 Å². The van der Waals surface area contributed by atoms with Crippen LogP contribution >= 0.6 is 0 Å². The van der Waals surface area contributed by atoms with E-state index in [1.165, 1.54) is 25.1 Å². The van der Waals surface area contributed by atoms with E-state index in [0.29, 0.717) is 12.0 Å². The molecular formula is C24H31N3O. The lowest BCUT2D eigenvalue weighted by molar-refractivity contribution is 0.0704. The summed E-state index contributed by atoms with van der Waals surface area (Å²) in [6.45, 7) is 6.24. The predicted octanol–water partition coefficient (Wildman–Crippen LogP) is 3.37. The van der Waals surface area contributed by atoms with Crippen LogP contribution in [0.5, 0.6) is 0 Å². The fraction of sp³-hybridized carbons (Fsp3) is 0.458. The van der Waals surface area contributed by atoms with E-state index in [2.05, 4.69) is 40.5 Å². The molecule has 2 aromatic carbocycles. The molecule has 0 spiro atoms. The number of nitrogens with one attached hydrogen (secondary N) is 1. The number of rotatable bonds is 6. The predicted molar refractivity (Wildman–Crippen MR) is 114 cm³/mol. The second-order valence-electron chi connectivity index (χ2n) is 8.08. The van der Waals surface area contributed by atoms with Gasteiger partial charge < -0.3 is 15.1 Å². The minimum absolute atomic E-state index is 0.170. The van der Waals surface area contributed by atoms with Crippen molar-refractivity contribution in [3.8, 4) is 0 Å². The number of piperidine rings is 1. The molecule has 2 saturated heterocycles. The number of carbonyl (C=O) groups excluding carboxylic acids is 1. The van der Waals surface area contributed by atoms with Crippen LogP contribution in [0.4, 0.5) is 0 Å². The minimum atomic E-state index is 0.170. The second-order valence-corrected chi connectivity index (χ2v) is 8.08. The van der Waals surface area contributed by atoms with Crippen LogP contribution in [0, 0.1) is 0 Å². The fourth-order valence-corrected chi connectivity index (χ4v) is 4.51. The summed E-state index contributed by atoms with van der Waals surface area (Å²) in [5.74, 6) is 0.858. The van der Waals surface area contributed by atoms with Gasteiger partial charge in [0.2, 0.25) is 0 Å². The van der Waals surface area contributed by atoms with Crippen molar-refractivity contribution in [3.63, 3.8) is 0 Å². The first-order valence-corrected chi connectivity index (χ1v) is 10.6. The highest BCUT2D eigenvalue weighted by atomic mass is 16.2. The fourth-order valence-electron chi connectivity index (χ4n) is 4.51. The zero-order valence-electron chi connectivity index (χ0n) is 16.6. The van der Waals surface area contributed by atoms with Gasteiger partial charge in [0, 0.05) is 44.3 Å². The summed E-state index contributed by atoms with van der Waals surface area (Å²) in [6, 6.07) is 21.1. The van der Waals surface area contributed by atoms with Crippen molar-refractivity contribution in [3.05, 3.63) is 71.8 Å². The lowest BCUT2D eigenvalue weighted by Crippen LogP contribution is -2.46. The molecule has 0 bridgehead atoms. The van der Waals surface area contributed by atoms with E-state index in [4.69, 9.17) is 0 Å². The summed E-state index contributed by atoms with van der Waals surface area (Å²) in [5, 5.41) is 3.72. The molecule has 0 saturated carbocycles. The summed E-state index contributed by atoms with van der Waals surface area (Å²) in [4.78, 5) is 17.1. The molecule has 0 radical (unpaired) electrons. The van der Waals surface area contributed by atoms with Crippen LogP contribution in [0.25, 0.3) is 0 Å². The van der Waals surface area contributed by atoms with E-state index >= 15 is 0 Å². The first-order chi connectivity index (χ1) is 13.8. The van der Waals surface area contributed by atoms with Crippen LogP contribution in [0.2, 0.25) is 0 Å². The van der Waals surface area contributed by atoms with Gasteiger partial charge >= 0.3 is 0 Å². The number of nitrogens with zero attached hydrogens (tertiary/aromatic N) is 2. The Kier molecular flexibility index (Phi) is 6.40. The monoisotopic (exact) mass is 377 g/mol. The number of hydrogen-bond acceptors (Lipinski definition) is 3. The average molecular weight is 378 g/mol. The molecule has 2 fully saturated rings. The van der Waals surface area contributed by atoms with Gasteiger partial charge in [0.25, 0.3) is 5.91 Å². The maximum absolute atomic E-state index is 12.5. The van der Waals surface area contributed by atoms with Gasteiger partial charge in [-0.15, -0.1) is 0 Å². The Hall–Kier alpha value is -2.17. The van der Waals surface area contributed by atoms with Crippen LogP contribution in [0.3, 0.4) is 0 Å². The van der Waals surface area contributed by atoms with E-state index in [1.54, 1.807) is 0 Å². The summed E-state index contributed by atoms with van der Waals surface area (Å²) in [5.41, 5.74) is 2.28. The number of hydrogen-bond donors (Lipinski definition) is 1. The Morgan fingerprint density at radius 3 is 2.29 bits per heavy atom. The van der Waals surface area contributed by atoms with E-state index in [1.807, 2.05) is 35.2 Å². The Balaban J connectivity index is 1.15. The smallest absolute Gasteiger partial charge is 0.253 e. The highest BCUT2D eigenvalue weighted by Gasteiger charge is 2.25. The Labute approximate surface area is 168 Å². The van der Waals surface area contributed by atoms with Crippen molar-refractivity contribution in [1.29, 1.82) is 0 Å². The molecular weight excluding hydrogens is 346 g/mol. The molecule has 4 nitrogen and oxygen atoms in total. The van der Waals surface area contributed by atoms with E-state index in [9.17, 15) is 4.79 Å². The normalized spacial score (nSPS) is 21.1. The Morgan fingerprint density at radius 2 is 1.57 bits per heavy atom. The summed E-state index contributed by atoms with van der Waals surface area (Å²) in [7, 11) is 0. The standard InChI is InChI=1S/C24H31N3O/c28-24(21-9-5-2-6-10-21)27-16-12-23(13-17-27)25-14-18-26-15-11-22(19-26)20-7-3-1-4-8-20/h1-10,22-23,25H,11-19H2/t22-/m1/s1. The molecule has 4 heteroatoms. The topological polar surface area (TPSA) is 35.6 Å². The third-order valence-electron chi connectivity index (χ3n) is 6.21. The van der Waals surface area contributed by atoms with Crippen molar-refractivity contribution in [2.24, 2.45) is 0 Å². The third kappa shape index (κ3) is 4.81. The van der Waals surface area contributed by atoms with Crippen molar-refractivity contribution in [1.82, 2.24) is 15.1 Å². The molecule has 28 heavy (non-hydrogen) atoms. The van der Waals surface area contributed by atoms with Crippen molar-refractivity contribution < 1.29 is 4.79 Å². The van der Waals surface area contributed by atoms with Gasteiger partial charge in [-0.2, -0.15) is 0 Å². The van der Waals surface area contributed by atoms with Crippen molar-refractivity contribution >= 4 is 5.91 Å². The SMILES string of the molecule is O=C(c1ccccc1)N1CCC(NCCN2CC[C@@H](c3ccccc3)C2)CC1. The molecule has 0 aromatic heterocycles. The molecule has 1 atom stereocenters. The van der Waals surface area contributed by atoms with Crippen LogP contribution in [-0.4, -0.2) is 61.0 Å². The molecule has 2 aromatic rings. The first kappa shape index (κ1) is 19.2. The average Bonchev–Trinajstić information content (AvgIpc) is 3.24. The lowest BCUT2D eigenvalue weighted by atomic mass is 9.99. The number of benzene rings is 2. The molecule has 2 aliphatic rings. The minimum Gasteiger partial charge on any atom is -0.339 e. The van der Waals surface area contributed by atoms with Crippen molar-refractivity contribution in [2.75, 3.05) is 39.3 Å². The zero-order valence-corrected chi connectivity index (χ0v) is 16.6. The summed E-state index contributed by atoms with van der Waals surface area (Å²) < 4.78 is 0. The van der Waals surface area contributed by atoms with Crippen LogP contribution in [0.15, 0.2) is 60.7 Å². The third-order valence-corrected chi connectivity index (χ3v) is 6.21. The number of amides is 1. The van der Waals surface area contributed by atoms with Gasteiger partial charge in [-0.3, -0.25) is 4.79 Å². The van der Waals surface area contributed by atoms with Crippen molar-refractivity contribution in [2.45, 2.75) is 31.2 Å². The molecule has 148 valence electrons. The molecule has 1 amide bonds. The van der Waals surface area contributed by atoms with Crippen LogP contribution in [0.1, 0.15) is 41.1 Å². The largest absolute Gasteiger partial charge is 0.339 e. The summed E-state index contributed by atoms with van der Waals surface area (Å²) >= 11 is 0. The van der Waals surface area contributed by atoms with Crippen LogP contribution < -0.4 is 5.32 Å². The van der Waals surface area contributed by atoms with Gasteiger partial charge in [0.05, 0.1) is 0 Å². The quantitative estimate of drug-likeness (QED) is 0.838. The Bertz CT molecular complexity index is 741. The maximum Gasteiger partial charge on any atom is 0.253 e. The molecule has 0 unspecified atom stereocenters. The number of carbonyl (C=O) groups is 1. The molecule has 1 N–H and O–H groups in total. The Morgan fingerprint density at radius 1 is 0.893 bits per heavy atom. The van der Waals surface area contributed by atoms with E-state index in [-0.39, 0.29) is 5.91 Å². The zero-order chi connectivity index (χ0) is 19.2. The number of likely N-dealkylation sites (tertiary alicyclic amines) is 2. The molecule has 0 aliphatic carbocycles. The van der Waals surface area contributed by atoms with Gasteiger partial charge in [-0.25, -0.2) is 0 Å². The van der Waals surface area contributed by atoms with E-state index in [0.717, 1.165) is 44.6 Å². The molecule has 2 aliphatic heterocycles. The van der Waals surface area contributed by atoms with E-state index < -0.39 is 0 Å². The highest BCUT2D eigenvalue weighted by Crippen LogP contribution is 2.26. The van der Waals surface area contributed by atoms with Crippen LogP contribution in [-0.2, 0) is 0 Å². The first-order valence-electron chi connectivity index (χ1n) is 10.6. The van der Waals surface area contributed by atoms with Gasteiger partial charge in [-0.1, -0.05) is 48.5 Å². The molecule has 2 heterocycles. The highest BCUT2D eigenvalue weighted by molar-refractivity contribution is 5.94. The summed E-state index contributed by atoms with van der Waals surface area (Å²) in [6.07, 6.45) is 3.36.